The summed E-state index contributed by atoms with van der Waals surface area (Å²) in [7, 11) is -3.75. The number of rotatable bonds is 7. The normalized spacial score (nSPS) is 11.7. The van der Waals surface area contributed by atoms with Gasteiger partial charge in [-0.3, -0.25) is 4.79 Å². The number of carbonyl (C=O) groups is 1. The van der Waals surface area contributed by atoms with E-state index in [9.17, 15) is 13.2 Å². The molecular formula is C15H18BrN3O4S. The van der Waals surface area contributed by atoms with Gasteiger partial charge in [-0.1, -0.05) is 28.0 Å². The highest BCUT2D eigenvalue weighted by molar-refractivity contribution is 9.10. The van der Waals surface area contributed by atoms with E-state index in [1.807, 2.05) is 6.92 Å². The van der Waals surface area contributed by atoms with Crippen molar-refractivity contribution in [1.82, 2.24) is 9.46 Å². The summed E-state index contributed by atoms with van der Waals surface area (Å²) >= 11 is 3.27. The van der Waals surface area contributed by atoms with Crippen LogP contribution in [0.5, 0.6) is 0 Å². The molecule has 0 bridgehead atoms. The molecule has 7 nitrogen and oxygen atoms in total. The summed E-state index contributed by atoms with van der Waals surface area (Å²) in [5.41, 5.74) is 0. The molecule has 1 aromatic carbocycles. The standard InChI is InChI=1S/C15H18BrN3O4S/c1-3-8-19(10-15(20)17-14-9-11(2)23-18-14)24(21,22)13-6-4-12(16)5-7-13/h4-7,9H,3,8,10H2,1-2H3,(H,17,18,20). The Morgan fingerprint density at radius 1 is 1.33 bits per heavy atom. The van der Waals surface area contributed by atoms with Crippen LogP contribution in [0.25, 0.3) is 0 Å². The Bertz CT molecular complexity index is 802. The first kappa shape index (κ1) is 18.6. The number of nitrogens with one attached hydrogen (secondary N) is 1. The fourth-order valence-corrected chi connectivity index (χ4v) is 3.81. The number of benzene rings is 1. The van der Waals surface area contributed by atoms with Gasteiger partial charge in [-0.25, -0.2) is 8.42 Å². The Morgan fingerprint density at radius 2 is 2.00 bits per heavy atom. The smallest absolute Gasteiger partial charge is 0.243 e. The zero-order valence-electron chi connectivity index (χ0n) is 13.3. The fourth-order valence-electron chi connectivity index (χ4n) is 2.06. The molecular weight excluding hydrogens is 398 g/mol. The number of hydrogen-bond acceptors (Lipinski definition) is 5. The highest BCUT2D eigenvalue weighted by atomic mass is 79.9. The SMILES string of the molecule is CCCN(CC(=O)Nc1cc(C)on1)S(=O)(=O)c1ccc(Br)cc1. The van der Waals surface area contributed by atoms with E-state index in [0.717, 1.165) is 8.78 Å². The topological polar surface area (TPSA) is 92.5 Å². The maximum Gasteiger partial charge on any atom is 0.243 e. The Kier molecular flexibility index (Phi) is 6.14. The van der Waals surface area contributed by atoms with E-state index in [2.05, 4.69) is 26.4 Å². The molecule has 24 heavy (non-hydrogen) atoms. The Labute approximate surface area is 149 Å². The first-order valence-electron chi connectivity index (χ1n) is 7.32. The van der Waals surface area contributed by atoms with Crippen molar-refractivity contribution in [3.05, 3.63) is 40.6 Å². The predicted octanol–water partition coefficient (Wildman–Crippen LogP) is 2.78. The molecule has 0 saturated carbocycles. The average Bonchev–Trinajstić information content (AvgIpc) is 2.92. The second-order valence-electron chi connectivity index (χ2n) is 5.16. The molecule has 0 saturated heterocycles. The van der Waals surface area contributed by atoms with Gasteiger partial charge in [0, 0.05) is 17.1 Å². The predicted molar refractivity (Wildman–Crippen MR) is 93.1 cm³/mol. The van der Waals surface area contributed by atoms with Crippen LogP contribution in [-0.2, 0) is 14.8 Å². The molecule has 0 fully saturated rings. The number of aryl methyl sites for hydroxylation is 1. The number of nitrogens with zero attached hydrogens (tertiary/aromatic N) is 2. The molecule has 1 N–H and O–H groups in total. The lowest BCUT2D eigenvalue weighted by Crippen LogP contribution is -2.38. The molecule has 1 amide bonds. The third kappa shape index (κ3) is 4.65. The maximum absolute atomic E-state index is 12.7. The van der Waals surface area contributed by atoms with Gasteiger partial charge in [0.25, 0.3) is 0 Å². The van der Waals surface area contributed by atoms with E-state index >= 15 is 0 Å². The molecule has 1 aromatic heterocycles. The van der Waals surface area contributed by atoms with Gasteiger partial charge in [0.2, 0.25) is 15.9 Å². The van der Waals surface area contributed by atoms with Crippen molar-refractivity contribution in [3.63, 3.8) is 0 Å². The van der Waals surface area contributed by atoms with Gasteiger partial charge in [-0.15, -0.1) is 0 Å². The van der Waals surface area contributed by atoms with Crippen molar-refractivity contribution >= 4 is 37.7 Å². The minimum absolute atomic E-state index is 0.143. The largest absolute Gasteiger partial charge is 0.360 e. The number of hydrogen-bond donors (Lipinski definition) is 1. The molecule has 0 spiro atoms. The van der Waals surface area contributed by atoms with Crippen LogP contribution < -0.4 is 5.32 Å². The summed E-state index contributed by atoms with van der Waals surface area (Å²) in [6, 6.07) is 7.86. The van der Waals surface area contributed by atoms with Gasteiger partial charge in [-0.05, 0) is 37.6 Å². The molecule has 2 aromatic rings. The van der Waals surface area contributed by atoms with E-state index < -0.39 is 15.9 Å². The number of sulfonamides is 1. The van der Waals surface area contributed by atoms with Crippen molar-refractivity contribution in [2.24, 2.45) is 0 Å². The monoisotopic (exact) mass is 415 g/mol. The minimum Gasteiger partial charge on any atom is -0.360 e. The lowest BCUT2D eigenvalue weighted by Gasteiger charge is -2.21. The molecule has 0 aliphatic heterocycles. The van der Waals surface area contributed by atoms with Gasteiger partial charge in [-0.2, -0.15) is 4.31 Å². The van der Waals surface area contributed by atoms with Gasteiger partial charge < -0.3 is 9.84 Å². The van der Waals surface area contributed by atoms with E-state index in [1.165, 1.54) is 12.1 Å². The van der Waals surface area contributed by atoms with Gasteiger partial charge >= 0.3 is 0 Å². The first-order valence-corrected chi connectivity index (χ1v) is 9.55. The molecule has 0 aliphatic rings. The van der Waals surface area contributed by atoms with Crippen LogP contribution in [0.2, 0.25) is 0 Å². The molecule has 9 heteroatoms. The van der Waals surface area contributed by atoms with Crippen LogP contribution in [0.15, 0.2) is 44.2 Å². The Morgan fingerprint density at radius 3 is 2.54 bits per heavy atom. The van der Waals surface area contributed by atoms with E-state index in [0.29, 0.717) is 12.2 Å². The number of amides is 1. The van der Waals surface area contributed by atoms with E-state index in [1.54, 1.807) is 25.1 Å². The van der Waals surface area contributed by atoms with Gasteiger partial charge in [0.1, 0.15) is 5.76 Å². The van der Waals surface area contributed by atoms with Crippen molar-refractivity contribution in [2.75, 3.05) is 18.4 Å². The number of anilines is 1. The van der Waals surface area contributed by atoms with Crippen molar-refractivity contribution in [2.45, 2.75) is 25.2 Å². The van der Waals surface area contributed by atoms with Crippen LogP contribution in [0, 0.1) is 6.92 Å². The molecule has 0 radical (unpaired) electrons. The third-order valence-corrected chi connectivity index (χ3v) is 5.53. The summed E-state index contributed by atoms with van der Waals surface area (Å²) < 4.78 is 32.2. The average molecular weight is 416 g/mol. The van der Waals surface area contributed by atoms with Crippen molar-refractivity contribution in [3.8, 4) is 0 Å². The van der Waals surface area contributed by atoms with Crippen LogP contribution in [-0.4, -0.2) is 36.9 Å². The van der Waals surface area contributed by atoms with Crippen molar-refractivity contribution < 1.29 is 17.7 Å². The molecule has 2 rings (SSSR count). The second kappa shape index (κ2) is 7.91. The zero-order valence-corrected chi connectivity index (χ0v) is 15.7. The summed E-state index contributed by atoms with van der Waals surface area (Å²) in [6.45, 7) is 3.49. The molecule has 0 aliphatic carbocycles. The molecule has 0 atom stereocenters. The van der Waals surface area contributed by atoms with Crippen LogP contribution in [0.3, 0.4) is 0 Å². The highest BCUT2D eigenvalue weighted by Gasteiger charge is 2.26. The zero-order chi connectivity index (χ0) is 17.7. The Balaban J connectivity index is 2.15. The highest BCUT2D eigenvalue weighted by Crippen LogP contribution is 2.19. The summed E-state index contributed by atoms with van der Waals surface area (Å²) in [5, 5.41) is 6.19. The second-order valence-corrected chi connectivity index (χ2v) is 8.02. The third-order valence-electron chi connectivity index (χ3n) is 3.14. The van der Waals surface area contributed by atoms with Gasteiger partial charge in [0.05, 0.1) is 11.4 Å². The van der Waals surface area contributed by atoms with Gasteiger partial charge in [0.15, 0.2) is 5.82 Å². The van der Waals surface area contributed by atoms with Crippen LogP contribution in [0.1, 0.15) is 19.1 Å². The number of aromatic nitrogens is 1. The summed E-state index contributed by atoms with van der Waals surface area (Å²) in [6.07, 6.45) is 0.589. The maximum atomic E-state index is 12.7. The van der Waals surface area contributed by atoms with Crippen molar-refractivity contribution in [1.29, 1.82) is 0 Å². The summed E-state index contributed by atoms with van der Waals surface area (Å²) in [4.78, 5) is 12.3. The lowest BCUT2D eigenvalue weighted by atomic mass is 10.4. The lowest BCUT2D eigenvalue weighted by molar-refractivity contribution is -0.116. The minimum atomic E-state index is -3.75. The number of halogens is 1. The quantitative estimate of drug-likeness (QED) is 0.750. The summed E-state index contributed by atoms with van der Waals surface area (Å²) in [5.74, 6) is 0.339. The molecule has 1 heterocycles. The van der Waals surface area contributed by atoms with Crippen LogP contribution in [0.4, 0.5) is 5.82 Å². The number of carbonyl (C=O) groups excluding carboxylic acids is 1. The van der Waals surface area contributed by atoms with Crippen LogP contribution >= 0.6 is 15.9 Å². The fraction of sp³-hybridized carbons (Fsp3) is 0.333. The molecule has 130 valence electrons. The van der Waals surface area contributed by atoms with E-state index in [-0.39, 0.29) is 23.8 Å². The molecule has 0 unspecified atom stereocenters. The first-order chi connectivity index (χ1) is 11.3. The van der Waals surface area contributed by atoms with E-state index in [4.69, 9.17) is 4.52 Å². The Hall–Kier alpha value is -1.71.